The topological polar surface area (TPSA) is 175 Å². The zero-order valence-corrected chi connectivity index (χ0v) is 51.0. The molecule has 460 valence electrons. The van der Waals surface area contributed by atoms with Gasteiger partial charge in [-0.05, 0) is 89.9 Å². The number of ether oxygens (including phenoxy) is 3. The van der Waals surface area contributed by atoms with Gasteiger partial charge in [-0.25, -0.2) is 0 Å². The predicted octanol–water partition coefficient (Wildman–Crippen LogP) is 16.2. The number of hydrogen-bond acceptors (Lipinski definition) is 10. The van der Waals surface area contributed by atoms with Crippen LogP contribution in [0.2, 0.25) is 0 Å². The van der Waals surface area contributed by atoms with Crippen LogP contribution < -0.4 is 5.32 Å². The molecule has 0 aliphatic carbocycles. The Bertz CT molecular complexity index is 1510. The van der Waals surface area contributed by atoms with Gasteiger partial charge in [0.1, 0.15) is 24.4 Å². The Morgan fingerprint density at radius 2 is 0.873 bits per heavy atom. The first-order chi connectivity index (χ1) is 38.7. The number of carbonyl (C=O) groups is 2. The SMILES string of the molecule is CCCCC/C=C\C/C=C\C/C=C\CCCCCCC(=O)OC1C(OCC(NC(=O)C(O)CCCCCCCCCCCC/C=C/CCCCCCCC)C(O)/C=C/CCCCCCCCCCCCC)OC(CO)C(O)C1O. The van der Waals surface area contributed by atoms with Gasteiger partial charge in [-0.2, -0.15) is 0 Å². The molecule has 0 aromatic carbocycles. The Hall–Kier alpha value is -2.64. The molecule has 0 saturated carbocycles. The minimum atomic E-state index is -1.62. The zero-order valence-electron chi connectivity index (χ0n) is 51.0. The van der Waals surface area contributed by atoms with Crippen LogP contribution in [-0.4, -0.2) is 99.6 Å². The lowest BCUT2D eigenvalue weighted by Gasteiger charge is -2.41. The number of amides is 1. The van der Waals surface area contributed by atoms with Gasteiger partial charge in [0.05, 0.1) is 25.4 Å². The number of nitrogens with one attached hydrogen (secondary N) is 1. The molecule has 1 rings (SSSR count). The van der Waals surface area contributed by atoms with Gasteiger partial charge in [-0.1, -0.05) is 261 Å². The smallest absolute Gasteiger partial charge is 0.306 e. The Morgan fingerprint density at radius 3 is 1.34 bits per heavy atom. The fourth-order valence-electron chi connectivity index (χ4n) is 10.1. The summed E-state index contributed by atoms with van der Waals surface area (Å²) in [6.45, 7) is 5.77. The molecule has 1 fully saturated rings. The number of rotatable bonds is 56. The normalized spacial score (nSPS) is 19.2. The van der Waals surface area contributed by atoms with Crippen molar-refractivity contribution in [2.24, 2.45) is 0 Å². The number of aliphatic hydroxyl groups excluding tert-OH is 5. The molecule has 1 amide bonds. The number of unbranched alkanes of at least 4 members (excludes halogenated alkanes) is 34. The maximum atomic E-state index is 13.5. The van der Waals surface area contributed by atoms with E-state index in [-0.39, 0.29) is 19.4 Å². The Balaban J connectivity index is 2.67. The molecular weight excluding hydrogens is 991 g/mol. The summed E-state index contributed by atoms with van der Waals surface area (Å²) in [6.07, 6.45) is 59.6. The van der Waals surface area contributed by atoms with Gasteiger partial charge in [-0.3, -0.25) is 9.59 Å². The lowest BCUT2D eigenvalue weighted by atomic mass is 9.99. The molecule has 0 spiro atoms. The van der Waals surface area contributed by atoms with E-state index in [1.807, 2.05) is 6.08 Å². The Morgan fingerprint density at radius 1 is 0.494 bits per heavy atom. The molecule has 0 bridgehead atoms. The molecule has 79 heavy (non-hydrogen) atoms. The van der Waals surface area contributed by atoms with Gasteiger partial charge in [-0.15, -0.1) is 0 Å². The molecule has 1 saturated heterocycles. The fourth-order valence-corrected chi connectivity index (χ4v) is 10.1. The number of hydrogen-bond donors (Lipinski definition) is 6. The molecule has 11 heteroatoms. The van der Waals surface area contributed by atoms with E-state index in [0.29, 0.717) is 12.8 Å². The van der Waals surface area contributed by atoms with Crippen LogP contribution in [0.25, 0.3) is 0 Å². The van der Waals surface area contributed by atoms with Crippen molar-refractivity contribution in [2.45, 2.75) is 346 Å². The van der Waals surface area contributed by atoms with Crippen LogP contribution in [0.1, 0.15) is 297 Å². The fraction of sp³-hybridized carbons (Fsp3) is 0.824. The average molecular weight is 1110 g/mol. The van der Waals surface area contributed by atoms with Crippen LogP contribution in [0.5, 0.6) is 0 Å². The molecular formula is C68H123NO10. The summed E-state index contributed by atoms with van der Waals surface area (Å²) in [5.41, 5.74) is 0. The van der Waals surface area contributed by atoms with Crippen molar-refractivity contribution in [3.63, 3.8) is 0 Å². The Labute approximate surface area is 484 Å². The number of allylic oxidation sites excluding steroid dienone is 9. The molecule has 8 unspecified atom stereocenters. The first kappa shape index (κ1) is 74.4. The van der Waals surface area contributed by atoms with Gasteiger partial charge < -0.3 is 45.1 Å². The van der Waals surface area contributed by atoms with E-state index in [1.54, 1.807) is 6.08 Å². The minimum absolute atomic E-state index is 0.0974. The van der Waals surface area contributed by atoms with Crippen LogP contribution in [0.3, 0.4) is 0 Å². The van der Waals surface area contributed by atoms with E-state index >= 15 is 0 Å². The molecule has 1 heterocycles. The highest BCUT2D eigenvalue weighted by molar-refractivity contribution is 5.80. The van der Waals surface area contributed by atoms with Gasteiger partial charge in [0.2, 0.25) is 5.91 Å². The number of esters is 1. The first-order valence-corrected chi connectivity index (χ1v) is 33.1. The average Bonchev–Trinajstić information content (AvgIpc) is 3.49. The van der Waals surface area contributed by atoms with Crippen molar-refractivity contribution in [1.29, 1.82) is 0 Å². The Kier molecular flexibility index (Phi) is 52.6. The standard InChI is InChI=1S/C68H123NO10/c1-4-7-10-13-16-19-22-25-27-29-30-31-33-34-37-40-43-46-49-52-55-61(72)67(76)69-59(60(71)54-51-48-45-42-39-36-24-21-18-15-12-9-6-3)58-77-68-66(65(75)64(74)62(57-70)78-68)79-63(73)56-53-50-47-44-41-38-35-32-28-26-23-20-17-14-11-8-5-2/h17,20,25-28,35,38,51,54,59-62,64-66,68,70-72,74-75H,4-16,18-19,21-24,29-34,36-37,39-50,52-53,55-58H2,1-3H3,(H,69,76)/b20-17-,27-25+,28-26-,38-35-,54-51+. The van der Waals surface area contributed by atoms with Crippen LogP contribution in [-0.2, 0) is 23.8 Å². The summed E-state index contributed by atoms with van der Waals surface area (Å²) in [6, 6.07) is -1.03. The van der Waals surface area contributed by atoms with E-state index in [0.717, 1.165) is 83.5 Å². The third kappa shape index (κ3) is 43.7. The molecule has 6 N–H and O–H groups in total. The van der Waals surface area contributed by atoms with Crippen LogP contribution >= 0.6 is 0 Å². The summed E-state index contributed by atoms with van der Waals surface area (Å²) in [7, 11) is 0. The summed E-state index contributed by atoms with van der Waals surface area (Å²) in [4.78, 5) is 26.6. The van der Waals surface area contributed by atoms with E-state index in [1.165, 1.54) is 167 Å². The highest BCUT2D eigenvalue weighted by Crippen LogP contribution is 2.26. The predicted molar refractivity (Wildman–Crippen MR) is 329 cm³/mol. The summed E-state index contributed by atoms with van der Waals surface area (Å²) >= 11 is 0. The molecule has 0 radical (unpaired) electrons. The second-order valence-corrected chi connectivity index (χ2v) is 22.8. The number of carbonyl (C=O) groups excluding carboxylic acids is 2. The third-order valence-electron chi connectivity index (χ3n) is 15.4. The van der Waals surface area contributed by atoms with Gasteiger partial charge in [0, 0.05) is 6.42 Å². The summed E-state index contributed by atoms with van der Waals surface area (Å²) < 4.78 is 17.6. The second-order valence-electron chi connectivity index (χ2n) is 22.8. The van der Waals surface area contributed by atoms with E-state index in [4.69, 9.17) is 14.2 Å². The van der Waals surface area contributed by atoms with Crippen molar-refractivity contribution in [3.05, 3.63) is 60.8 Å². The van der Waals surface area contributed by atoms with E-state index in [2.05, 4.69) is 74.7 Å². The van der Waals surface area contributed by atoms with Gasteiger partial charge in [0.15, 0.2) is 12.4 Å². The van der Waals surface area contributed by atoms with Crippen molar-refractivity contribution < 1.29 is 49.3 Å². The van der Waals surface area contributed by atoms with Gasteiger partial charge >= 0.3 is 5.97 Å². The quantitative estimate of drug-likeness (QED) is 0.0195. The van der Waals surface area contributed by atoms with Crippen molar-refractivity contribution in [2.75, 3.05) is 13.2 Å². The summed E-state index contributed by atoms with van der Waals surface area (Å²) in [5, 5.41) is 57.1. The van der Waals surface area contributed by atoms with Crippen molar-refractivity contribution >= 4 is 11.9 Å². The second kappa shape index (κ2) is 55.9. The molecule has 0 aromatic heterocycles. The minimum Gasteiger partial charge on any atom is -0.454 e. The van der Waals surface area contributed by atoms with Gasteiger partial charge in [0.25, 0.3) is 0 Å². The lowest BCUT2D eigenvalue weighted by molar-refractivity contribution is -0.305. The number of aliphatic hydroxyl groups is 5. The van der Waals surface area contributed by atoms with Crippen LogP contribution in [0, 0.1) is 0 Å². The highest BCUT2D eigenvalue weighted by atomic mass is 16.7. The highest BCUT2D eigenvalue weighted by Gasteiger charge is 2.47. The van der Waals surface area contributed by atoms with Crippen molar-refractivity contribution in [3.8, 4) is 0 Å². The summed E-state index contributed by atoms with van der Waals surface area (Å²) in [5.74, 6) is -1.21. The molecule has 1 aliphatic heterocycles. The van der Waals surface area contributed by atoms with Crippen molar-refractivity contribution in [1.82, 2.24) is 5.32 Å². The first-order valence-electron chi connectivity index (χ1n) is 33.1. The molecule has 0 aromatic rings. The zero-order chi connectivity index (χ0) is 57.5. The van der Waals surface area contributed by atoms with Crippen LogP contribution in [0.4, 0.5) is 0 Å². The monoisotopic (exact) mass is 1110 g/mol. The maximum absolute atomic E-state index is 13.5. The molecule has 8 atom stereocenters. The van der Waals surface area contributed by atoms with Crippen LogP contribution in [0.15, 0.2) is 60.8 Å². The van der Waals surface area contributed by atoms with E-state index in [9.17, 15) is 35.1 Å². The van der Waals surface area contributed by atoms with E-state index < -0.39 is 67.4 Å². The third-order valence-corrected chi connectivity index (χ3v) is 15.4. The maximum Gasteiger partial charge on any atom is 0.306 e. The lowest BCUT2D eigenvalue weighted by Crippen LogP contribution is -2.61. The molecule has 1 aliphatic rings. The molecule has 11 nitrogen and oxygen atoms in total. The largest absolute Gasteiger partial charge is 0.454 e.